The normalized spacial score (nSPS) is 10.5. The summed E-state index contributed by atoms with van der Waals surface area (Å²) in [6.45, 7) is 2.18. The van der Waals surface area contributed by atoms with Crippen molar-refractivity contribution in [3.63, 3.8) is 0 Å². The molecule has 50 valence electrons. The minimum absolute atomic E-state index is 0.00349. The molecule has 1 N–H and O–H groups in total. The Morgan fingerprint density at radius 2 is 2.10 bits per heavy atom. The van der Waals surface area contributed by atoms with E-state index in [0.29, 0.717) is 0 Å². The first-order chi connectivity index (χ1) is 4.86. The number of fused-ring (bicyclic) bond motifs is 1. The van der Waals surface area contributed by atoms with Crippen molar-refractivity contribution in [2.45, 2.75) is 6.92 Å². The average Bonchev–Trinajstić information content (AvgIpc) is 2.27. The van der Waals surface area contributed by atoms with E-state index < -0.39 is 0 Å². The summed E-state index contributed by atoms with van der Waals surface area (Å²) in [5.74, 6) is 0. The van der Waals surface area contributed by atoms with Crippen LogP contribution < -0.4 is 4.98 Å². The first-order valence-electron chi connectivity index (χ1n) is 3.24. The molecule has 0 spiro atoms. The van der Waals surface area contributed by atoms with E-state index >= 15 is 0 Å². The Bertz CT molecular complexity index is 318. The van der Waals surface area contributed by atoms with Gasteiger partial charge in [0.15, 0.2) is 0 Å². The molecule has 0 amide bonds. The van der Waals surface area contributed by atoms with Crippen LogP contribution in [0.25, 0.3) is 8.92 Å². The molecule has 0 saturated heterocycles. The first kappa shape index (κ1) is 6.39. The van der Waals surface area contributed by atoms with Gasteiger partial charge < -0.3 is 0 Å². The van der Waals surface area contributed by atoms with Crippen LogP contribution >= 0.6 is 0 Å². The van der Waals surface area contributed by atoms with Gasteiger partial charge in [-0.2, -0.15) is 0 Å². The fourth-order valence-electron chi connectivity index (χ4n) is 1.04. The van der Waals surface area contributed by atoms with Crippen molar-refractivity contribution in [1.82, 2.24) is 0 Å². The Balaban J connectivity index is 2.88. The molecule has 0 fully saturated rings. The van der Waals surface area contributed by atoms with Gasteiger partial charge in [0.2, 0.25) is 0 Å². The van der Waals surface area contributed by atoms with Crippen molar-refractivity contribution in [3.8, 4) is 0 Å². The molecule has 10 heavy (non-hydrogen) atoms. The zero-order valence-corrected chi connectivity index (χ0v) is 8.05. The van der Waals surface area contributed by atoms with Crippen molar-refractivity contribution < 1.29 is 4.98 Å². The van der Waals surface area contributed by atoms with Crippen molar-refractivity contribution in [3.05, 3.63) is 28.0 Å². The Labute approximate surface area is 69.3 Å². The molecule has 1 aromatic heterocycles. The number of H-pyrrole nitrogens is 1. The summed E-state index contributed by atoms with van der Waals surface area (Å²) in [7, 11) is 0. The Kier molecular flexibility index (Phi) is 1.52. The molecular formula is C8H8NTe+. The molecule has 0 aliphatic carbocycles. The third kappa shape index (κ3) is 0.982. The zero-order chi connectivity index (χ0) is 6.97. The number of rotatable bonds is 0. The second kappa shape index (κ2) is 2.38. The summed E-state index contributed by atoms with van der Waals surface area (Å²) >= 11 is -0.00349. The minimum atomic E-state index is -0.00349. The van der Waals surface area contributed by atoms with E-state index in [1.807, 2.05) is 0 Å². The molecule has 1 nitrogen and oxygen atoms in total. The van der Waals surface area contributed by atoms with Crippen molar-refractivity contribution in [2.24, 2.45) is 0 Å². The third-order valence-corrected chi connectivity index (χ3v) is 4.27. The Hall–Kier alpha value is -0.320. The topological polar surface area (TPSA) is 14.1 Å². The predicted molar refractivity (Wildman–Crippen MR) is 42.2 cm³/mol. The van der Waals surface area contributed by atoms with E-state index in [0.717, 1.165) is 0 Å². The third-order valence-electron chi connectivity index (χ3n) is 1.46. The van der Waals surface area contributed by atoms with Crippen LogP contribution in [-0.2, 0) is 0 Å². The fourth-order valence-corrected chi connectivity index (χ4v) is 3.51. The van der Waals surface area contributed by atoms with Crippen molar-refractivity contribution in [2.75, 3.05) is 0 Å². The molecule has 0 aliphatic heterocycles. The summed E-state index contributed by atoms with van der Waals surface area (Å²) in [5, 5.41) is 0. The maximum atomic E-state index is 3.37. The van der Waals surface area contributed by atoms with Crippen LogP contribution in [0.3, 0.4) is 0 Å². The van der Waals surface area contributed by atoms with Gasteiger partial charge in [-0.3, -0.25) is 0 Å². The summed E-state index contributed by atoms with van der Waals surface area (Å²) in [5.41, 5.74) is 1.34. The van der Waals surface area contributed by atoms with Crippen LogP contribution in [0.2, 0.25) is 0 Å². The number of benzene rings is 1. The van der Waals surface area contributed by atoms with E-state index in [2.05, 4.69) is 36.2 Å². The summed E-state index contributed by atoms with van der Waals surface area (Å²) in [6, 6.07) is 8.57. The Morgan fingerprint density at radius 1 is 1.30 bits per heavy atom. The molecule has 2 heteroatoms. The van der Waals surface area contributed by atoms with Gasteiger partial charge in [0.25, 0.3) is 0 Å². The van der Waals surface area contributed by atoms with Crippen LogP contribution in [0.15, 0.2) is 24.3 Å². The van der Waals surface area contributed by atoms with Crippen LogP contribution in [0, 0.1) is 6.92 Å². The van der Waals surface area contributed by atoms with Gasteiger partial charge in [-0.15, -0.1) is 0 Å². The first-order valence-corrected chi connectivity index (χ1v) is 5.57. The standard InChI is InChI=1S/C8H7NTe/c1-6-9-7-4-2-3-5-8(7)10-6/h2-5H,1H3/p+1. The molecule has 2 aromatic rings. The fraction of sp³-hybridized carbons (Fsp3) is 0.125. The van der Waals surface area contributed by atoms with Gasteiger partial charge >= 0.3 is 69.2 Å². The molecule has 0 unspecified atom stereocenters. The van der Waals surface area contributed by atoms with Gasteiger partial charge in [0.05, 0.1) is 0 Å². The number of para-hydroxylation sites is 1. The van der Waals surface area contributed by atoms with Gasteiger partial charge in [-0.05, 0) is 0 Å². The van der Waals surface area contributed by atoms with E-state index in [1.54, 1.807) is 3.40 Å². The maximum absolute atomic E-state index is 3.37. The number of aromatic amines is 1. The van der Waals surface area contributed by atoms with Gasteiger partial charge in [0, 0.05) is 0 Å². The molecule has 2 rings (SSSR count). The van der Waals surface area contributed by atoms with E-state index in [9.17, 15) is 0 Å². The number of nitrogens with one attached hydrogen (secondary N) is 1. The van der Waals surface area contributed by atoms with Crippen molar-refractivity contribution in [1.29, 1.82) is 0 Å². The van der Waals surface area contributed by atoms with Crippen LogP contribution in [0.1, 0.15) is 3.71 Å². The summed E-state index contributed by atoms with van der Waals surface area (Å²) < 4.78 is 3.03. The quantitative estimate of drug-likeness (QED) is 0.616. The number of aromatic nitrogens is 1. The molecule has 1 heterocycles. The molecule has 0 bridgehead atoms. The van der Waals surface area contributed by atoms with E-state index in [4.69, 9.17) is 0 Å². The molecule has 0 aliphatic rings. The van der Waals surface area contributed by atoms with Crippen LogP contribution in [0.4, 0.5) is 0 Å². The average molecular weight is 246 g/mol. The molecular weight excluding hydrogens is 238 g/mol. The number of aryl methyl sites for hydroxylation is 1. The predicted octanol–water partition coefficient (Wildman–Crippen LogP) is 1.02. The molecule has 0 saturated carbocycles. The van der Waals surface area contributed by atoms with Gasteiger partial charge in [0.1, 0.15) is 0 Å². The van der Waals surface area contributed by atoms with Crippen LogP contribution in [-0.4, -0.2) is 20.4 Å². The molecule has 1 aromatic carbocycles. The SMILES string of the molecule is Cc1[nH+]c2ccccc2[te]1. The van der Waals surface area contributed by atoms with E-state index in [1.165, 1.54) is 9.23 Å². The number of hydrogen-bond donors (Lipinski definition) is 0. The molecule has 0 radical (unpaired) electrons. The van der Waals surface area contributed by atoms with Gasteiger partial charge in [-0.1, -0.05) is 0 Å². The summed E-state index contributed by atoms with van der Waals surface area (Å²) in [4.78, 5) is 3.37. The molecule has 0 atom stereocenters. The monoisotopic (exact) mass is 248 g/mol. The second-order valence-electron chi connectivity index (χ2n) is 2.28. The second-order valence-corrected chi connectivity index (χ2v) is 5.87. The van der Waals surface area contributed by atoms with Gasteiger partial charge in [-0.25, -0.2) is 0 Å². The Morgan fingerprint density at radius 3 is 2.90 bits per heavy atom. The summed E-state index contributed by atoms with van der Waals surface area (Å²) in [6.07, 6.45) is 0. The zero-order valence-electron chi connectivity index (χ0n) is 5.72. The van der Waals surface area contributed by atoms with Crippen LogP contribution in [0.5, 0.6) is 0 Å². The number of hydrogen-bond acceptors (Lipinski definition) is 0. The van der Waals surface area contributed by atoms with E-state index in [-0.39, 0.29) is 20.4 Å². The van der Waals surface area contributed by atoms with Crippen molar-refractivity contribution >= 4 is 29.3 Å².